The summed E-state index contributed by atoms with van der Waals surface area (Å²) in [4.78, 5) is 14.9. The second-order valence-corrected chi connectivity index (χ2v) is 16.1. The largest absolute Gasteiger partial charge is 0.309 e. The molecule has 13 aromatic rings. The molecule has 294 valence electrons. The zero-order valence-electron chi connectivity index (χ0n) is 34.0. The second-order valence-electron chi connectivity index (χ2n) is 16.1. The van der Waals surface area contributed by atoms with E-state index in [0.717, 1.165) is 50.3 Å². The van der Waals surface area contributed by atoms with Gasteiger partial charge >= 0.3 is 0 Å². The highest BCUT2D eigenvalue weighted by Gasteiger charge is 2.19. The molecule has 0 bridgehead atoms. The monoisotopic (exact) mass is 804 g/mol. The third-order valence-corrected chi connectivity index (χ3v) is 12.5. The van der Waals surface area contributed by atoms with Crippen LogP contribution in [-0.2, 0) is 0 Å². The quantitative estimate of drug-likeness (QED) is 0.168. The van der Waals surface area contributed by atoms with Crippen LogP contribution >= 0.6 is 0 Å². The van der Waals surface area contributed by atoms with Crippen molar-refractivity contribution >= 4 is 65.4 Å². The molecule has 0 N–H and O–H groups in total. The molecule has 0 saturated heterocycles. The highest BCUT2D eigenvalue weighted by atomic mass is 15.0. The third kappa shape index (κ3) is 5.55. The smallest absolute Gasteiger partial charge is 0.164 e. The summed E-state index contributed by atoms with van der Waals surface area (Å²) in [6.45, 7) is 0. The van der Waals surface area contributed by atoms with Gasteiger partial charge in [0.15, 0.2) is 17.5 Å². The molecule has 0 saturated carbocycles. The fourth-order valence-electron chi connectivity index (χ4n) is 9.65. The van der Waals surface area contributed by atoms with E-state index in [1.807, 2.05) is 60.7 Å². The van der Waals surface area contributed by atoms with Crippen LogP contribution in [0.2, 0.25) is 0 Å². The molecule has 9 aromatic carbocycles. The van der Waals surface area contributed by atoms with Crippen LogP contribution < -0.4 is 0 Å². The predicted molar refractivity (Wildman–Crippen MR) is 259 cm³/mol. The molecule has 6 nitrogen and oxygen atoms in total. The van der Waals surface area contributed by atoms with Crippen molar-refractivity contribution < 1.29 is 0 Å². The SMILES string of the molecule is c1ccc(-c2nc(-c3ccccc3)nc(-c3ccc(-n4c5ccccc5c5ccc(-n6c7ccccc7c7ccc(-n8c9ccccc9c9ccccc98)cc76)cc54)cc3)n2)cc1. The van der Waals surface area contributed by atoms with Crippen LogP contribution in [0.15, 0.2) is 218 Å². The fraction of sp³-hybridized carbons (Fsp3) is 0. The molecule has 0 amide bonds. The van der Waals surface area contributed by atoms with Gasteiger partial charge in [-0.1, -0.05) is 146 Å². The number of nitrogens with zero attached hydrogens (tertiary/aromatic N) is 6. The van der Waals surface area contributed by atoms with Crippen molar-refractivity contribution in [1.29, 1.82) is 0 Å². The lowest BCUT2D eigenvalue weighted by Crippen LogP contribution is -2.00. The Kier molecular flexibility index (Phi) is 7.80. The Hall–Kier alpha value is -8.61. The molecule has 63 heavy (non-hydrogen) atoms. The Morgan fingerprint density at radius 1 is 0.222 bits per heavy atom. The molecule has 4 aromatic heterocycles. The molecule has 0 atom stereocenters. The van der Waals surface area contributed by atoms with Gasteiger partial charge in [-0.15, -0.1) is 0 Å². The van der Waals surface area contributed by atoms with E-state index >= 15 is 0 Å². The van der Waals surface area contributed by atoms with Crippen molar-refractivity contribution in [2.75, 3.05) is 0 Å². The number of rotatable bonds is 6. The zero-order valence-corrected chi connectivity index (χ0v) is 34.0. The third-order valence-electron chi connectivity index (χ3n) is 12.5. The Bertz CT molecular complexity index is 3790. The first kappa shape index (κ1) is 35.2. The Morgan fingerprint density at radius 2 is 0.508 bits per heavy atom. The average Bonchev–Trinajstić information content (AvgIpc) is 3.99. The van der Waals surface area contributed by atoms with E-state index in [9.17, 15) is 0 Å². The van der Waals surface area contributed by atoms with Crippen LogP contribution in [0, 0.1) is 0 Å². The minimum absolute atomic E-state index is 0.630. The normalized spacial score (nSPS) is 11.8. The molecule has 6 heteroatoms. The van der Waals surface area contributed by atoms with Gasteiger partial charge in [-0.2, -0.15) is 0 Å². The van der Waals surface area contributed by atoms with Crippen molar-refractivity contribution in [3.05, 3.63) is 218 Å². The molecule has 0 aliphatic heterocycles. The van der Waals surface area contributed by atoms with Gasteiger partial charge in [-0.05, 0) is 72.8 Å². The van der Waals surface area contributed by atoms with Gasteiger partial charge in [-0.25, -0.2) is 15.0 Å². The number of para-hydroxylation sites is 4. The Labute approximate surface area is 362 Å². The maximum atomic E-state index is 5.00. The van der Waals surface area contributed by atoms with Crippen molar-refractivity contribution in [1.82, 2.24) is 28.7 Å². The van der Waals surface area contributed by atoms with E-state index in [1.165, 1.54) is 48.9 Å². The number of hydrogen-bond donors (Lipinski definition) is 0. The Balaban J connectivity index is 0.981. The highest BCUT2D eigenvalue weighted by Crippen LogP contribution is 2.39. The summed E-state index contributed by atoms with van der Waals surface area (Å²) >= 11 is 0. The Morgan fingerprint density at radius 3 is 0.905 bits per heavy atom. The first-order chi connectivity index (χ1) is 31.2. The summed E-state index contributed by atoms with van der Waals surface area (Å²) in [7, 11) is 0. The van der Waals surface area contributed by atoms with E-state index in [4.69, 9.17) is 15.0 Å². The van der Waals surface area contributed by atoms with Crippen LogP contribution in [0.25, 0.3) is 117 Å². The standard InChI is InChI=1S/C57H36N6/c1-3-15-37(16-4-1)55-58-56(38-17-5-2-6-18-38)60-57(59-55)39-27-29-40(30-28-39)61-49-23-11-9-21-45(49)47-34-32-42(36-53(47)61)63-52-26-14-10-22-46(52)48-33-31-41(35-54(48)63)62-50-24-12-7-19-43(50)44-20-8-13-25-51(44)62/h1-36H. The van der Waals surface area contributed by atoms with E-state index < -0.39 is 0 Å². The maximum absolute atomic E-state index is 5.00. The summed E-state index contributed by atoms with van der Waals surface area (Å²) in [5, 5.41) is 7.35. The molecular formula is C57H36N6. The summed E-state index contributed by atoms with van der Waals surface area (Å²) in [5.41, 5.74) is 13.1. The summed E-state index contributed by atoms with van der Waals surface area (Å²) in [6, 6.07) is 77.5. The topological polar surface area (TPSA) is 53.5 Å². The van der Waals surface area contributed by atoms with Gasteiger partial charge in [0.05, 0.1) is 33.1 Å². The van der Waals surface area contributed by atoms with E-state index in [2.05, 4.69) is 171 Å². The first-order valence-corrected chi connectivity index (χ1v) is 21.3. The molecule has 0 unspecified atom stereocenters. The minimum atomic E-state index is 0.630. The molecule has 0 radical (unpaired) electrons. The summed E-state index contributed by atoms with van der Waals surface area (Å²) in [6.07, 6.45) is 0. The first-order valence-electron chi connectivity index (χ1n) is 21.3. The fourth-order valence-corrected chi connectivity index (χ4v) is 9.65. The average molecular weight is 805 g/mol. The lowest BCUT2D eigenvalue weighted by molar-refractivity contribution is 1.07. The van der Waals surface area contributed by atoms with Crippen molar-refractivity contribution in [3.63, 3.8) is 0 Å². The summed E-state index contributed by atoms with van der Waals surface area (Å²) < 4.78 is 7.22. The highest BCUT2D eigenvalue weighted by molar-refractivity contribution is 6.13. The second kappa shape index (κ2) is 14.0. The lowest BCUT2D eigenvalue weighted by Gasteiger charge is -2.13. The van der Waals surface area contributed by atoms with Crippen molar-refractivity contribution in [2.45, 2.75) is 0 Å². The van der Waals surface area contributed by atoms with E-state index in [-0.39, 0.29) is 0 Å². The lowest BCUT2D eigenvalue weighted by atomic mass is 10.1. The molecule has 4 heterocycles. The summed E-state index contributed by atoms with van der Waals surface area (Å²) in [5.74, 6) is 1.92. The van der Waals surface area contributed by atoms with Crippen LogP contribution in [0.1, 0.15) is 0 Å². The van der Waals surface area contributed by atoms with Gasteiger partial charge < -0.3 is 13.7 Å². The molecule has 0 aliphatic rings. The predicted octanol–water partition coefficient (Wildman–Crippen LogP) is 14.2. The maximum Gasteiger partial charge on any atom is 0.164 e. The van der Waals surface area contributed by atoms with Gasteiger partial charge in [0.25, 0.3) is 0 Å². The molecular weight excluding hydrogens is 769 g/mol. The van der Waals surface area contributed by atoms with Crippen LogP contribution in [0.4, 0.5) is 0 Å². The van der Waals surface area contributed by atoms with Crippen molar-refractivity contribution in [3.8, 4) is 51.2 Å². The van der Waals surface area contributed by atoms with Crippen LogP contribution in [0.5, 0.6) is 0 Å². The van der Waals surface area contributed by atoms with Crippen LogP contribution in [-0.4, -0.2) is 28.7 Å². The number of fused-ring (bicyclic) bond motifs is 9. The van der Waals surface area contributed by atoms with Crippen LogP contribution in [0.3, 0.4) is 0 Å². The van der Waals surface area contributed by atoms with Gasteiger partial charge in [0.1, 0.15) is 0 Å². The molecule has 0 fully saturated rings. The minimum Gasteiger partial charge on any atom is -0.309 e. The molecule has 0 aliphatic carbocycles. The van der Waals surface area contributed by atoms with E-state index in [1.54, 1.807) is 0 Å². The molecule has 13 rings (SSSR count). The number of hydrogen-bond acceptors (Lipinski definition) is 3. The number of aromatic nitrogens is 6. The van der Waals surface area contributed by atoms with Crippen molar-refractivity contribution in [2.24, 2.45) is 0 Å². The molecule has 0 spiro atoms. The van der Waals surface area contributed by atoms with Gasteiger partial charge in [0, 0.05) is 66.1 Å². The van der Waals surface area contributed by atoms with Gasteiger partial charge in [0.2, 0.25) is 0 Å². The number of benzene rings is 9. The van der Waals surface area contributed by atoms with E-state index in [0.29, 0.717) is 17.5 Å². The van der Waals surface area contributed by atoms with Gasteiger partial charge in [-0.3, -0.25) is 0 Å². The zero-order chi connectivity index (χ0) is 41.4.